The first-order valence-corrected chi connectivity index (χ1v) is 14.5. The maximum Gasteiger partial charge on any atom is 0.0937 e. The Morgan fingerprint density at radius 3 is 0.810 bits per heavy atom. The normalized spacial score (nSPS) is 13.3. The lowest BCUT2D eigenvalue weighted by atomic mass is 10.0. The van der Waals surface area contributed by atoms with E-state index in [1.165, 1.54) is 50.4 Å². The topological polar surface area (TPSA) is 9.72 Å². The molecule has 3 nitrogen and oxygen atoms in total. The Morgan fingerprint density at radius 1 is 0.262 bits per heavy atom. The lowest BCUT2D eigenvalue weighted by Crippen LogP contribution is -2.55. The van der Waals surface area contributed by atoms with Crippen LogP contribution in [0.3, 0.4) is 0 Å². The van der Waals surface area contributed by atoms with Gasteiger partial charge < -0.3 is 14.7 Å². The van der Waals surface area contributed by atoms with E-state index in [0.717, 1.165) is 20.0 Å². The molecule has 0 unspecified atom stereocenters. The molecule has 42 heavy (non-hydrogen) atoms. The molecule has 6 aromatic carbocycles. The highest BCUT2D eigenvalue weighted by Crippen LogP contribution is 2.32. The number of hydrogen-bond acceptors (Lipinski definition) is 3. The summed E-state index contributed by atoms with van der Waals surface area (Å²) < 4.78 is 0. The molecular formula is C39H33N3. The van der Waals surface area contributed by atoms with Crippen LogP contribution in [0.4, 0.5) is 17.1 Å². The van der Waals surface area contributed by atoms with Crippen molar-refractivity contribution in [3.8, 4) is 33.4 Å². The van der Waals surface area contributed by atoms with Gasteiger partial charge in [-0.2, -0.15) is 0 Å². The maximum atomic E-state index is 2.47. The summed E-state index contributed by atoms with van der Waals surface area (Å²) in [6.07, 6.45) is 0. The molecule has 0 aromatic heterocycles. The summed E-state index contributed by atoms with van der Waals surface area (Å²) in [4.78, 5) is 7.42. The van der Waals surface area contributed by atoms with E-state index in [2.05, 4.69) is 178 Å². The lowest BCUT2D eigenvalue weighted by Gasteiger charge is -2.45. The Balaban J connectivity index is 1.26. The standard InChI is InChI=1S/C39H33N3/c1-4-13-31(14-5-1)34-19-10-22-37(25-34)40-28-41(38-23-11-20-35(26-38)32-15-6-2-7-16-32)30-42(29-40)39-24-12-21-36(27-39)33-17-8-3-9-18-33/h1-27H,28-30H2. The van der Waals surface area contributed by atoms with Gasteiger partial charge in [0.1, 0.15) is 0 Å². The first kappa shape index (κ1) is 25.7. The van der Waals surface area contributed by atoms with Crippen molar-refractivity contribution in [3.05, 3.63) is 164 Å². The van der Waals surface area contributed by atoms with Gasteiger partial charge in [-0.05, 0) is 69.8 Å². The van der Waals surface area contributed by atoms with Crippen LogP contribution in [0.1, 0.15) is 0 Å². The van der Waals surface area contributed by atoms with Crippen molar-refractivity contribution in [3.63, 3.8) is 0 Å². The molecule has 1 aliphatic rings. The fourth-order valence-electron chi connectivity index (χ4n) is 5.78. The molecule has 0 spiro atoms. The van der Waals surface area contributed by atoms with E-state index in [-0.39, 0.29) is 0 Å². The van der Waals surface area contributed by atoms with E-state index in [9.17, 15) is 0 Å². The van der Waals surface area contributed by atoms with Crippen molar-refractivity contribution in [1.82, 2.24) is 0 Å². The van der Waals surface area contributed by atoms with E-state index in [4.69, 9.17) is 0 Å². The van der Waals surface area contributed by atoms with Crippen molar-refractivity contribution in [1.29, 1.82) is 0 Å². The average Bonchev–Trinajstić information content (AvgIpc) is 3.09. The average molecular weight is 544 g/mol. The Kier molecular flexibility index (Phi) is 7.14. The Labute approximate surface area is 248 Å². The molecular weight excluding hydrogens is 510 g/mol. The molecule has 7 rings (SSSR count). The zero-order valence-electron chi connectivity index (χ0n) is 23.6. The van der Waals surface area contributed by atoms with Crippen LogP contribution in [-0.2, 0) is 0 Å². The third-order valence-electron chi connectivity index (χ3n) is 7.98. The van der Waals surface area contributed by atoms with Crippen LogP contribution in [0.5, 0.6) is 0 Å². The van der Waals surface area contributed by atoms with Gasteiger partial charge in [0, 0.05) is 17.1 Å². The van der Waals surface area contributed by atoms with Gasteiger partial charge >= 0.3 is 0 Å². The van der Waals surface area contributed by atoms with Gasteiger partial charge in [-0.15, -0.1) is 0 Å². The molecule has 0 amide bonds. The lowest BCUT2D eigenvalue weighted by molar-refractivity contribution is 0.611. The minimum absolute atomic E-state index is 0.797. The molecule has 3 heteroatoms. The number of hydrogen-bond donors (Lipinski definition) is 0. The second-order valence-electron chi connectivity index (χ2n) is 10.8. The van der Waals surface area contributed by atoms with Gasteiger partial charge in [0.05, 0.1) is 20.0 Å². The van der Waals surface area contributed by atoms with Crippen LogP contribution in [0.25, 0.3) is 33.4 Å². The van der Waals surface area contributed by atoms with Crippen LogP contribution in [-0.4, -0.2) is 20.0 Å². The van der Waals surface area contributed by atoms with E-state index in [0.29, 0.717) is 0 Å². The molecule has 0 radical (unpaired) electrons. The van der Waals surface area contributed by atoms with Gasteiger partial charge in [0.2, 0.25) is 0 Å². The molecule has 1 saturated heterocycles. The predicted octanol–water partition coefficient (Wildman–Crippen LogP) is 9.39. The fourth-order valence-corrected chi connectivity index (χ4v) is 5.78. The fraction of sp³-hybridized carbons (Fsp3) is 0.0769. The Bertz CT molecular complexity index is 1550. The summed E-state index contributed by atoms with van der Waals surface area (Å²) in [7, 11) is 0. The third kappa shape index (κ3) is 5.50. The van der Waals surface area contributed by atoms with Gasteiger partial charge in [0.25, 0.3) is 0 Å². The van der Waals surface area contributed by atoms with E-state index < -0.39 is 0 Å². The first-order chi connectivity index (χ1) is 20.8. The third-order valence-corrected chi connectivity index (χ3v) is 7.98. The van der Waals surface area contributed by atoms with Crippen LogP contribution in [0, 0.1) is 0 Å². The molecule has 6 aromatic rings. The summed E-state index contributed by atoms with van der Waals surface area (Å²) in [5.41, 5.74) is 11.0. The van der Waals surface area contributed by atoms with Gasteiger partial charge in [-0.25, -0.2) is 0 Å². The molecule has 0 bridgehead atoms. The number of anilines is 3. The highest BCUT2D eigenvalue weighted by atomic mass is 15.5. The quantitative estimate of drug-likeness (QED) is 0.207. The summed E-state index contributed by atoms with van der Waals surface area (Å²) in [5, 5.41) is 0. The van der Waals surface area contributed by atoms with Crippen molar-refractivity contribution < 1.29 is 0 Å². The molecule has 204 valence electrons. The van der Waals surface area contributed by atoms with Crippen molar-refractivity contribution in [2.24, 2.45) is 0 Å². The van der Waals surface area contributed by atoms with Crippen LogP contribution >= 0.6 is 0 Å². The maximum absolute atomic E-state index is 2.47. The monoisotopic (exact) mass is 543 g/mol. The number of benzene rings is 6. The predicted molar refractivity (Wildman–Crippen MR) is 178 cm³/mol. The van der Waals surface area contributed by atoms with E-state index in [1.54, 1.807) is 0 Å². The molecule has 1 fully saturated rings. The molecule has 1 aliphatic heterocycles. The molecule has 0 atom stereocenters. The first-order valence-electron chi connectivity index (χ1n) is 14.5. The van der Waals surface area contributed by atoms with Crippen LogP contribution in [0.2, 0.25) is 0 Å². The molecule has 1 heterocycles. The van der Waals surface area contributed by atoms with E-state index >= 15 is 0 Å². The van der Waals surface area contributed by atoms with Crippen LogP contribution in [0.15, 0.2) is 164 Å². The summed E-state index contributed by atoms with van der Waals surface area (Å²) in [6, 6.07) is 58.7. The molecule has 0 N–H and O–H groups in total. The van der Waals surface area contributed by atoms with Crippen molar-refractivity contribution >= 4 is 17.1 Å². The SMILES string of the molecule is c1ccc(-c2cccc(N3CN(c4cccc(-c5ccccc5)c4)CN(c4cccc(-c5ccccc5)c4)C3)c2)cc1. The Morgan fingerprint density at radius 2 is 0.524 bits per heavy atom. The Hall–Kier alpha value is -5.28. The van der Waals surface area contributed by atoms with Crippen molar-refractivity contribution in [2.75, 3.05) is 34.7 Å². The van der Waals surface area contributed by atoms with E-state index in [1.807, 2.05) is 0 Å². The largest absolute Gasteiger partial charge is 0.336 e. The summed E-state index contributed by atoms with van der Waals surface area (Å²) in [6.45, 7) is 2.39. The van der Waals surface area contributed by atoms with Gasteiger partial charge in [-0.1, -0.05) is 127 Å². The van der Waals surface area contributed by atoms with Gasteiger partial charge in [-0.3, -0.25) is 0 Å². The highest BCUT2D eigenvalue weighted by Gasteiger charge is 2.25. The smallest absolute Gasteiger partial charge is 0.0937 e. The van der Waals surface area contributed by atoms with Gasteiger partial charge in [0.15, 0.2) is 0 Å². The van der Waals surface area contributed by atoms with Crippen LogP contribution < -0.4 is 14.7 Å². The minimum atomic E-state index is 0.797. The second-order valence-corrected chi connectivity index (χ2v) is 10.8. The number of nitrogens with zero attached hydrogens (tertiary/aromatic N) is 3. The van der Waals surface area contributed by atoms with Crippen molar-refractivity contribution in [2.45, 2.75) is 0 Å². The summed E-state index contributed by atoms with van der Waals surface area (Å²) >= 11 is 0. The zero-order valence-corrected chi connectivity index (χ0v) is 23.6. The number of rotatable bonds is 6. The second kappa shape index (κ2) is 11.7. The zero-order chi connectivity index (χ0) is 28.1. The minimum Gasteiger partial charge on any atom is -0.336 e. The molecule has 0 aliphatic carbocycles. The summed E-state index contributed by atoms with van der Waals surface area (Å²) in [5.74, 6) is 0. The highest BCUT2D eigenvalue weighted by molar-refractivity contribution is 5.73. The molecule has 0 saturated carbocycles.